The summed E-state index contributed by atoms with van der Waals surface area (Å²) >= 11 is 0. The van der Waals surface area contributed by atoms with E-state index in [1.807, 2.05) is 24.0 Å². The number of aromatic nitrogens is 2. The molecule has 1 aliphatic heterocycles. The molecule has 1 aliphatic rings. The minimum absolute atomic E-state index is 0.313. The van der Waals surface area contributed by atoms with E-state index in [1.165, 1.54) is 12.1 Å². The van der Waals surface area contributed by atoms with Gasteiger partial charge in [-0.05, 0) is 42.2 Å². The summed E-state index contributed by atoms with van der Waals surface area (Å²) in [6, 6.07) is 9.67. The number of hydrogen-bond donors (Lipinski definition) is 2. The molecule has 32 heavy (non-hydrogen) atoms. The smallest absolute Gasteiger partial charge is 0.369 e. The van der Waals surface area contributed by atoms with E-state index in [1.54, 1.807) is 6.20 Å². The minimum atomic E-state index is -5.90. The Labute approximate surface area is 179 Å². The summed E-state index contributed by atoms with van der Waals surface area (Å²) in [5.74, 6) is 0. The summed E-state index contributed by atoms with van der Waals surface area (Å²) in [7, 11) is 0. The second-order valence-corrected chi connectivity index (χ2v) is 7.83. The van der Waals surface area contributed by atoms with Crippen LogP contribution in [0, 0.1) is 6.92 Å². The van der Waals surface area contributed by atoms with Crippen LogP contribution >= 0.6 is 0 Å². The van der Waals surface area contributed by atoms with Crippen molar-refractivity contribution in [1.82, 2.24) is 10.2 Å². The molecule has 0 atom stereocenters. The van der Waals surface area contributed by atoms with Gasteiger partial charge >= 0.3 is 12.4 Å². The van der Waals surface area contributed by atoms with Gasteiger partial charge in [-0.3, -0.25) is 5.10 Å². The fourth-order valence-corrected chi connectivity index (χ4v) is 4.00. The van der Waals surface area contributed by atoms with Crippen molar-refractivity contribution in [1.29, 1.82) is 0 Å². The molecule has 0 amide bonds. The highest BCUT2D eigenvalue weighted by atomic mass is 19.4. The van der Waals surface area contributed by atoms with Crippen LogP contribution in [0.2, 0.25) is 0 Å². The second kappa shape index (κ2) is 7.54. The standard InChI is InChI=1S/C22H19F6N3O/c1-13-18(11-29-30-13)15-4-7-19-16(10-15)8-9-31(19)12-14-2-5-17(6-3-14)20(32,21(23,24)25)22(26,27)28/h2-7,10-11,32H,8-9,12H2,1H3,(H,29,30). The van der Waals surface area contributed by atoms with Crippen molar-refractivity contribution in [3.63, 3.8) is 0 Å². The van der Waals surface area contributed by atoms with Gasteiger partial charge in [-0.2, -0.15) is 31.4 Å². The monoisotopic (exact) mass is 455 g/mol. The molecule has 4 nitrogen and oxygen atoms in total. The fourth-order valence-electron chi connectivity index (χ4n) is 4.00. The van der Waals surface area contributed by atoms with Crippen molar-refractivity contribution in [2.24, 2.45) is 0 Å². The zero-order valence-corrected chi connectivity index (χ0v) is 16.8. The molecule has 2 heterocycles. The van der Waals surface area contributed by atoms with Crippen LogP contribution in [-0.4, -0.2) is 34.2 Å². The molecule has 0 spiro atoms. The molecule has 2 N–H and O–H groups in total. The third-order valence-corrected chi connectivity index (χ3v) is 5.78. The normalized spacial score (nSPS) is 14.7. The van der Waals surface area contributed by atoms with Crippen molar-refractivity contribution >= 4 is 5.69 Å². The van der Waals surface area contributed by atoms with E-state index in [2.05, 4.69) is 16.3 Å². The predicted octanol–water partition coefficient (Wildman–Crippen LogP) is 5.26. The highest BCUT2D eigenvalue weighted by Crippen LogP contribution is 2.50. The maximum atomic E-state index is 13.1. The SMILES string of the molecule is Cc1[nH]ncc1-c1ccc2c(c1)CCN2Cc1ccc(C(O)(C(F)(F)F)C(F)(F)F)cc1. The average molecular weight is 455 g/mol. The van der Waals surface area contributed by atoms with Crippen LogP contribution in [0.4, 0.5) is 32.0 Å². The minimum Gasteiger partial charge on any atom is -0.369 e. The molecule has 0 fully saturated rings. The van der Waals surface area contributed by atoms with Crippen LogP contribution in [-0.2, 0) is 18.6 Å². The number of halogens is 6. The summed E-state index contributed by atoms with van der Waals surface area (Å²) in [6.45, 7) is 2.90. The van der Waals surface area contributed by atoms with Gasteiger partial charge in [0.15, 0.2) is 0 Å². The van der Waals surface area contributed by atoms with Gasteiger partial charge in [0.2, 0.25) is 0 Å². The summed E-state index contributed by atoms with van der Waals surface area (Å²) in [6.07, 6.45) is -9.29. The lowest BCUT2D eigenvalue weighted by molar-refractivity contribution is -0.376. The molecule has 0 bridgehead atoms. The molecule has 0 aliphatic carbocycles. The Bertz CT molecular complexity index is 1100. The largest absolute Gasteiger partial charge is 0.430 e. The number of rotatable bonds is 4. The molecule has 4 rings (SSSR count). The van der Waals surface area contributed by atoms with E-state index >= 15 is 0 Å². The quantitative estimate of drug-likeness (QED) is 0.528. The van der Waals surface area contributed by atoms with Gasteiger partial charge in [-0.1, -0.05) is 30.3 Å². The number of anilines is 1. The topological polar surface area (TPSA) is 52.2 Å². The molecule has 0 saturated heterocycles. The Morgan fingerprint density at radius 2 is 1.66 bits per heavy atom. The first kappa shape index (κ1) is 22.2. The van der Waals surface area contributed by atoms with Crippen molar-refractivity contribution in [2.45, 2.75) is 37.8 Å². The molecule has 0 unspecified atom stereocenters. The maximum absolute atomic E-state index is 13.1. The number of aryl methyl sites for hydroxylation is 1. The molecule has 0 saturated carbocycles. The van der Waals surface area contributed by atoms with E-state index in [-0.39, 0.29) is 0 Å². The lowest BCUT2D eigenvalue weighted by Crippen LogP contribution is -2.53. The lowest BCUT2D eigenvalue weighted by Gasteiger charge is -2.32. The van der Waals surface area contributed by atoms with E-state index in [0.717, 1.165) is 34.5 Å². The van der Waals surface area contributed by atoms with Gasteiger partial charge in [0.1, 0.15) is 0 Å². The van der Waals surface area contributed by atoms with Crippen molar-refractivity contribution in [2.75, 3.05) is 11.4 Å². The van der Waals surface area contributed by atoms with E-state index in [9.17, 15) is 31.4 Å². The first-order valence-electron chi connectivity index (χ1n) is 9.75. The molecular weight excluding hydrogens is 436 g/mol. The van der Waals surface area contributed by atoms with E-state index in [4.69, 9.17) is 0 Å². The summed E-state index contributed by atoms with van der Waals surface area (Å²) in [5, 5.41) is 16.4. The number of aromatic amines is 1. The Morgan fingerprint density at radius 3 is 2.22 bits per heavy atom. The molecule has 1 aromatic heterocycles. The first-order valence-corrected chi connectivity index (χ1v) is 9.75. The second-order valence-electron chi connectivity index (χ2n) is 7.83. The Kier molecular flexibility index (Phi) is 5.23. The third-order valence-electron chi connectivity index (χ3n) is 5.78. The van der Waals surface area contributed by atoms with Crippen LogP contribution < -0.4 is 4.90 Å². The number of nitrogens with zero attached hydrogens (tertiary/aromatic N) is 2. The van der Waals surface area contributed by atoms with Crippen LogP contribution in [0.3, 0.4) is 0 Å². The molecule has 2 aromatic carbocycles. The Balaban J connectivity index is 1.55. The van der Waals surface area contributed by atoms with Gasteiger partial charge in [0.05, 0.1) is 6.20 Å². The predicted molar refractivity (Wildman–Crippen MR) is 106 cm³/mol. The molecule has 170 valence electrons. The highest BCUT2D eigenvalue weighted by Gasteiger charge is 2.71. The summed E-state index contributed by atoms with van der Waals surface area (Å²) in [5.41, 5.74) is -0.642. The Morgan fingerprint density at radius 1 is 1.00 bits per heavy atom. The number of aliphatic hydroxyl groups is 1. The van der Waals surface area contributed by atoms with Crippen molar-refractivity contribution < 1.29 is 31.4 Å². The van der Waals surface area contributed by atoms with Gasteiger partial charge < -0.3 is 10.0 Å². The lowest BCUT2D eigenvalue weighted by atomic mass is 9.91. The number of H-pyrrole nitrogens is 1. The van der Waals surface area contributed by atoms with Crippen molar-refractivity contribution in [3.8, 4) is 11.1 Å². The van der Waals surface area contributed by atoms with Crippen LogP contribution in [0.1, 0.15) is 22.4 Å². The van der Waals surface area contributed by atoms with Crippen LogP contribution in [0.15, 0.2) is 48.7 Å². The maximum Gasteiger partial charge on any atom is 0.430 e. The van der Waals surface area contributed by atoms with Gasteiger partial charge in [-0.25, -0.2) is 0 Å². The third kappa shape index (κ3) is 3.62. The zero-order valence-electron chi connectivity index (χ0n) is 16.8. The number of fused-ring (bicyclic) bond motifs is 1. The fraction of sp³-hybridized carbons (Fsp3) is 0.318. The van der Waals surface area contributed by atoms with E-state index in [0.29, 0.717) is 30.8 Å². The average Bonchev–Trinajstić information content (AvgIpc) is 3.32. The first-order chi connectivity index (χ1) is 14.9. The van der Waals surface area contributed by atoms with Crippen molar-refractivity contribution in [3.05, 3.63) is 71.0 Å². The number of benzene rings is 2. The number of hydrogen-bond acceptors (Lipinski definition) is 3. The molecular formula is C22H19F6N3O. The zero-order chi connectivity index (χ0) is 23.3. The highest BCUT2D eigenvalue weighted by molar-refractivity contribution is 5.71. The summed E-state index contributed by atoms with van der Waals surface area (Å²) in [4.78, 5) is 2.01. The molecule has 3 aromatic rings. The Hall–Kier alpha value is -3.01. The summed E-state index contributed by atoms with van der Waals surface area (Å²) < 4.78 is 78.3. The van der Waals surface area contributed by atoms with Gasteiger partial charge in [0, 0.05) is 35.6 Å². The van der Waals surface area contributed by atoms with Gasteiger partial charge in [-0.15, -0.1) is 0 Å². The van der Waals surface area contributed by atoms with Gasteiger partial charge in [0.25, 0.3) is 5.60 Å². The van der Waals surface area contributed by atoms with E-state index < -0.39 is 23.5 Å². The molecule has 10 heteroatoms. The number of alkyl halides is 6. The number of nitrogens with one attached hydrogen (secondary N) is 1. The molecule has 0 radical (unpaired) electrons. The van der Waals surface area contributed by atoms with Crippen LogP contribution in [0.5, 0.6) is 0 Å². The van der Waals surface area contributed by atoms with Crippen LogP contribution in [0.25, 0.3) is 11.1 Å².